The van der Waals surface area contributed by atoms with E-state index in [2.05, 4.69) is 0 Å². The van der Waals surface area contributed by atoms with Crippen LogP contribution in [-0.2, 0) is 11.3 Å². The second-order valence-electron chi connectivity index (χ2n) is 9.13. The molecule has 0 saturated carbocycles. The number of pyridine rings is 1. The molecule has 198 valence electrons. The number of carbonyl (C=O) groups is 2. The van der Waals surface area contributed by atoms with Gasteiger partial charge in [0, 0.05) is 57.5 Å². The molecule has 4 rings (SSSR count). The number of ketones is 1. The number of halogens is 2. The molecule has 9 nitrogen and oxygen atoms in total. The van der Waals surface area contributed by atoms with E-state index in [0.29, 0.717) is 12.1 Å². The second kappa shape index (κ2) is 10.5. The van der Waals surface area contributed by atoms with E-state index in [-0.39, 0.29) is 59.4 Å². The Balaban J connectivity index is 1.72. The van der Waals surface area contributed by atoms with Crippen LogP contribution < -0.4 is 10.3 Å². The number of nitro benzene ring substituents is 1. The summed E-state index contributed by atoms with van der Waals surface area (Å²) >= 11 is 0. The average molecular weight is 525 g/mol. The molecule has 11 heteroatoms. The van der Waals surface area contributed by atoms with Gasteiger partial charge in [-0.1, -0.05) is 6.08 Å². The minimum atomic E-state index is -0.927. The van der Waals surface area contributed by atoms with Crippen molar-refractivity contribution in [2.45, 2.75) is 33.4 Å². The first-order chi connectivity index (χ1) is 18.0. The van der Waals surface area contributed by atoms with Crippen molar-refractivity contribution in [1.29, 1.82) is 0 Å². The molecule has 38 heavy (non-hydrogen) atoms. The van der Waals surface area contributed by atoms with Gasteiger partial charge in [-0.3, -0.25) is 24.5 Å². The molecule has 3 aromatic rings. The lowest BCUT2D eigenvalue weighted by molar-refractivity contribution is -0.384. The van der Waals surface area contributed by atoms with Crippen LogP contribution in [0.2, 0.25) is 0 Å². The van der Waals surface area contributed by atoms with Crippen LogP contribution in [0.1, 0.15) is 36.7 Å². The maximum atomic E-state index is 15.8. The number of amides is 1. The molecule has 1 amide bonds. The predicted molar refractivity (Wildman–Crippen MR) is 139 cm³/mol. The highest BCUT2D eigenvalue weighted by atomic mass is 19.1. The van der Waals surface area contributed by atoms with E-state index in [4.69, 9.17) is 0 Å². The van der Waals surface area contributed by atoms with Crippen LogP contribution in [0.5, 0.6) is 0 Å². The number of rotatable bonds is 6. The Labute approximate surface area is 216 Å². The lowest BCUT2D eigenvalue weighted by atomic mass is 10.0. The van der Waals surface area contributed by atoms with E-state index in [9.17, 15) is 24.5 Å². The summed E-state index contributed by atoms with van der Waals surface area (Å²) in [5, 5.41) is 10.6. The summed E-state index contributed by atoms with van der Waals surface area (Å²) in [5.74, 6) is -2.61. The van der Waals surface area contributed by atoms with Crippen molar-refractivity contribution in [2.75, 3.05) is 24.5 Å². The van der Waals surface area contributed by atoms with E-state index in [1.54, 1.807) is 18.7 Å². The molecule has 0 spiro atoms. The minimum Gasteiger partial charge on any atom is -0.363 e. The van der Waals surface area contributed by atoms with Gasteiger partial charge < -0.3 is 14.4 Å². The van der Waals surface area contributed by atoms with Gasteiger partial charge in [-0.05, 0) is 43.7 Å². The third-order valence-corrected chi connectivity index (χ3v) is 6.72. The Bertz CT molecular complexity index is 1530. The monoisotopic (exact) mass is 524 g/mol. The van der Waals surface area contributed by atoms with Gasteiger partial charge in [0.15, 0.2) is 11.6 Å². The third kappa shape index (κ3) is 4.91. The van der Waals surface area contributed by atoms with Crippen molar-refractivity contribution >= 4 is 40.0 Å². The zero-order valence-corrected chi connectivity index (χ0v) is 21.1. The van der Waals surface area contributed by atoms with Crippen molar-refractivity contribution in [2.24, 2.45) is 0 Å². The fourth-order valence-corrected chi connectivity index (χ4v) is 4.79. The van der Waals surface area contributed by atoms with Crippen LogP contribution in [0.3, 0.4) is 0 Å². The Morgan fingerprint density at radius 1 is 1.18 bits per heavy atom. The molecule has 1 aliphatic rings. The number of aryl methyl sites for hydroxylation is 1. The zero-order valence-electron chi connectivity index (χ0n) is 21.1. The number of fused-ring (bicyclic) bond motifs is 1. The summed E-state index contributed by atoms with van der Waals surface area (Å²) in [5.41, 5.74) is -1.04. The molecule has 1 aromatic heterocycles. The number of allylic oxidation sites excluding steroid dienone is 1. The Morgan fingerprint density at radius 2 is 1.87 bits per heavy atom. The van der Waals surface area contributed by atoms with Gasteiger partial charge in [-0.25, -0.2) is 8.78 Å². The maximum Gasteiger partial charge on any atom is 0.269 e. The molecule has 0 aliphatic carbocycles. The normalized spacial score (nSPS) is 15.9. The van der Waals surface area contributed by atoms with Gasteiger partial charge in [0.25, 0.3) is 5.69 Å². The molecular weight excluding hydrogens is 498 g/mol. The maximum absolute atomic E-state index is 15.8. The fourth-order valence-electron chi connectivity index (χ4n) is 4.79. The molecule has 2 aromatic carbocycles. The molecule has 0 N–H and O–H groups in total. The van der Waals surface area contributed by atoms with Crippen molar-refractivity contribution in [3.63, 3.8) is 0 Å². The van der Waals surface area contributed by atoms with Crippen molar-refractivity contribution < 1.29 is 23.3 Å². The van der Waals surface area contributed by atoms with Crippen LogP contribution in [-0.4, -0.2) is 51.8 Å². The van der Waals surface area contributed by atoms with Gasteiger partial charge in [-0.15, -0.1) is 0 Å². The van der Waals surface area contributed by atoms with Crippen LogP contribution in [0.15, 0.2) is 47.4 Å². The van der Waals surface area contributed by atoms with Crippen molar-refractivity contribution in [3.05, 3.63) is 85.7 Å². The Kier molecular flexibility index (Phi) is 7.38. The molecule has 1 saturated heterocycles. The van der Waals surface area contributed by atoms with Gasteiger partial charge in [-0.2, -0.15) is 0 Å². The lowest BCUT2D eigenvalue weighted by Gasteiger charge is -2.40. The zero-order chi connectivity index (χ0) is 27.7. The van der Waals surface area contributed by atoms with Crippen LogP contribution >= 0.6 is 0 Å². The summed E-state index contributed by atoms with van der Waals surface area (Å²) in [6.07, 6.45) is 3.80. The lowest BCUT2D eigenvalue weighted by Crippen LogP contribution is -2.54. The van der Waals surface area contributed by atoms with Gasteiger partial charge in [0.05, 0.1) is 21.4 Å². The van der Waals surface area contributed by atoms with Gasteiger partial charge in [0.2, 0.25) is 11.3 Å². The first-order valence-electron chi connectivity index (χ1n) is 12.1. The summed E-state index contributed by atoms with van der Waals surface area (Å²) in [6.45, 7) is 5.92. The Hall–Kier alpha value is -4.41. The Morgan fingerprint density at radius 3 is 2.45 bits per heavy atom. The summed E-state index contributed by atoms with van der Waals surface area (Å²) in [7, 11) is 0. The molecule has 1 unspecified atom stereocenters. The quantitative estimate of drug-likeness (QED) is 0.208. The number of carbonyl (C=O) groups excluding carboxylic acids is 2. The SMILES string of the molecule is CCn1cc(C(=O)/C=C/c2ccc([N+](=O)[O-])cc2)c(=O)c2cc(F)c(N3CCN(C(C)=O)C(C)C3)c(F)c21. The predicted octanol–water partition coefficient (Wildman–Crippen LogP) is 4.16. The number of anilines is 1. The van der Waals surface area contributed by atoms with Crippen LogP contribution in [0, 0.1) is 21.7 Å². The van der Waals surface area contributed by atoms with E-state index in [1.165, 1.54) is 52.9 Å². The summed E-state index contributed by atoms with van der Waals surface area (Å²) in [6, 6.07) is 6.18. The molecule has 1 aliphatic heterocycles. The van der Waals surface area contributed by atoms with E-state index < -0.39 is 27.8 Å². The first kappa shape index (κ1) is 26.6. The number of non-ortho nitro benzene ring substituents is 1. The van der Waals surface area contributed by atoms with Crippen LogP contribution in [0.4, 0.5) is 20.2 Å². The third-order valence-electron chi connectivity index (χ3n) is 6.72. The molecule has 0 radical (unpaired) electrons. The smallest absolute Gasteiger partial charge is 0.269 e. The standard InChI is InChI=1S/C27H26F2N4O5/c1-4-30-15-21(23(35)10-7-18-5-8-19(9-6-18)33(37)38)27(36)20-13-22(28)26(24(29)25(20)30)31-11-12-32(17(3)34)16(2)14-31/h5-10,13,15-16H,4,11-12,14H2,1-3H3/b10-7+. The highest BCUT2D eigenvalue weighted by Crippen LogP contribution is 2.31. The minimum absolute atomic E-state index is 0.104. The first-order valence-corrected chi connectivity index (χ1v) is 12.1. The van der Waals surface area contributed by atoms with Crippen LogP contribution in [0.25, 0.3) is 17.0 Å². The fraction of sp³-hybridized carbons (Fsp3) is 0.296. The summed E-state index contributed by atoms with van der Waals surface area (Å²) in [4.78, 5) is 51.3. The van der Waals surface area contributed by atoms with Crippen molar-refractivity contribution in [1.82, 2.24) is 9.47 Å². The van der Waals surface area contributed by atoms with Gasteiger partial charge in [0.1, 0.15) is 11.5 Å². The number of nitro groups is 1. The molecular formula is C27H26F2N4O5. The summed E-state index contributed by atoms with van der Waals surface area (Å²) < 4.78 is 32.5. The second-order valence-corrected chi connectivity index (χ2v) is 9.13. The number of nitrogens with zero attached hydrogens (tertiary/aromatic N) is 4. The van der Waals surface area contributed by atoms with Crippen molar-refractivity contribution in [3.8, 4) is 0 Å². The number of piperazine rings is 1. The number of hydrogen-bond acceptors (Lipinski definition) is 6. The molecule has 1 atom stereocenters. The van der Waals surface area contributed by atoms with E-state index >= 15 is 8.78 Å². The highest BCUT2D eigenvalue weighted by molar-refractivity contribution is 6.08. The largest absolute Gasteiger partial charge is 0.363 e. The topological polar surface area (TPSA) is 106 Å². The number of hydrogen-bond donors (Lipinski definition) is 0. The molecule has 0 bridgehead atoms. The average Bonchev–Trinajstić information content (AvgIpc) is 2.88. The number of benzene rings is 2. The molecule has 2 heterocycles. The molecule has 1 fully saturated rings. The van der Waals surface area contributed by atoms with Gasteiger partial charge >= 0.3 is 0 Å². The van der Waals surface area contributed by atoms with E-state index in [0.717, 1.165) is 12.1 Å². The van der Waals surface area contributed by atoms with E-state index in [1.807, 2.05) is 0 Å². The highest BCUT2D eigenvalue weighted by Gasteiger charge is 2.30. The number of aromatic nitrogens is 1.